The highest BCUT2D eigenvalue weighted by Gasteiger charge is 2.20. The van der Waals surface area contributed by atoms with Crippen LogP contribution in [0.15, 0.2) is 36.5 Å². The van der Waals surface area contributed by atoms with E-state index in [-0.39, 0.29) is 5.78 Å². The van der Waals surface area contributed by atoms with E-state index in [9.17, 15) is 4.79 Å². The second kappa shape index (κ2) is 4.33. The molecule has 0 N–H and O–H groups in total. The lowest BCUT2D eigenvalue weighted by Crippen LogP contribution is -2.12. The fourth-order valence-electron chi connectivity index (χ4n) is 2.51. The Morgan fingerprint density at radius 3 is 2.61 bits per heavy atom. The Kier molecular flexibility index (Phi) is 2.67. The van der Waals surface area contributed by atoms with E-state index in [1.165, 1.54) is 0 Å². The molecule has 1 aliphatic carbocycles. The molecule has 92 valence electrons. The number of methoxy groups -OCH3 is 1. The zero-order chi connectivity index (χ0) is 12.5. The van der Waals surface area contributed by atoms with Crippen LogP contribution in [0, 0.1) is 0 Å². The first-order valence-electron chi connectivity index (χ1n) is 6.17. The molecule has 1 heterocycles. The van der Waals surface area contributed by atoms with Gasteiger partial charge >= 0.3 is 0 Å². The van der Waals surface area contributed by atoms with Crippen LogP contribution in [0.2, 0.25) is 0 Å². The maximum Gasteiger partial charge on any atom is 0.164 e. The highest BCUT2D eigenvalue weighted by molar-refractivity contribution is 5.98. The molecule has 0 aliphatic heterocycles. The van der Waals surface area contributed by atoms with Crippen molar-refractivity contribution in [3.05, 3.63) is 47.8 Å². The van der Waals surface area contributed by atoms with Gasteiger partial charge in [0.15, 0.2) is 5.78 Å². The monoisotopic (exact) mass is 241 g/mol. The summed E-state index contributed by atoms with van der Waals surface area (Å²) in [5.74, 6) is 1.11. The van der Waals surface area contributed by atoms with Gasteiger partial charge < -0.3 is 9.30 Å². The summed E-state index contributed by atoms with van der Waals surface area (Å²) in [6.07, 6.45) is 4.58. The summed E-state index contributed by atoms with van der Waals surface area (Å²) in [6, 6.07) is 9.83. The quantitative estimate of drug-likeness (QED) is 0.809. The summed E-state index contributed by atoms with van der Waals surface area (Å²) in [5.41, 5.74) is 3.10. The minimum absolute atomic E-state index is 0.267. The number of fused-ring (bicyclic) bond motifs is 1. The number of ether oxygens (including phenoxy) is 1. The van der Waals surface area contributed by atoms with Crippen molar-refractivity contribution < 1.29 is 9.53 Å². The number of rotatable bonds is 2. The van der Waals surface area contributed by atoms with Gasteiger partial charge in [-0.15, -0.1) is 0 Å². The Balaban J connectivity index is 2.04. The Morgan fingerprint density at radius 2 is 1.89 bits per heavy atom. The number of ketones is 1. The second-order valence-electron chi connectivity index (χ2n) is 4.52. The number of hydrogen-bond acceptors (Lipinski definition) is 2. The first kappa shape index (κ1) is 11.1. The average molecular weight is 241 g/mol. The van der Waals surface area contributed by atoms with E-state index in [0.29, 0.717) is 6.42 Å². The third kappa shape index (κ3) is 1.72. The van der Waals surface area contributed by atoms with Crippen molar-refractivity contribution in [2.45, 2.75) is 19.3 Å². The largest absolute Gasteiger partial charge is 0.497 e. The lowest BCUT2D eigenvalue weighted by Gasteiger charge is -2.15. The van der Waals surface area contributed by atoms with Crippen molar-refractivity contribution in [1.29, 1.82) is 0 Å². The molecule has 0 fully saturated rings. The van der Waals surface area contributed by atoms with Crippen molar-refractivity contribution in [3.63, 3.8) is 0 Å². The summed E-state index contributed by atoms with van der Waals surface area (Å²) in [6.45, 7) is 0. The van der Waals surface area contributed by atoms with Gasteiger partial charge in [0.2, 0.25) is 0 Å². The van der Waals surface area contributed by atoms with Gasteiger partial charge in [0.05, 0.1) is 7.11 Å². The predicted molar refractivity (Wildman–Crippen MR) is 69.6 cm³/mol. The number of aromatic nitrogens is 1. The standard InChI is InChI=1S/C15H15NO2/c1-18-12-7-5-11(6-8-12)16-10-9-13-14(16)3-2-4-15(13)17/h5-10H,2-4H2,1H3. The fourth-order valence-corrected chi connectivity index (χ4v) is 2.51. The van der Waals surface area contributed by atoms with E-state index in [1.54, 1.807) is 7.11 Å². The molecule has 0 saturated heterocycles. The minimum Gasteiger partial charge on any atom is -0.497 e. The number of benzene rings is 1. The number of carbonyl (C=O) groups is 1. The zero-order valence-corrected chi connectivity index (χ0v) is 10.3. The number of carbonyl (C=O) groups excluding carboxylic acids is 1. The van der Waals surface area contributed by atoms with E-state index >= 15 is 0 Å². The second-order valence-corrected chi connectivity index (χ2v) is 4.52. The van der Waals surface area contributed by atoms with Gasteiger partial charge in [0.25, 0.3) is 0 Å². The van der Waals surface area contributed by atoms with E-state index in [1.807, 2.05) is 36.5 Å². The first-order chi connectivity index (χ1) is 8.79. The molecular weight excluding hydrogens is 226 g/mol. The molecule has 1 aromatic heterocycles. The Bertz CT molecular complexity index is 581. The Morgan fingerprint density at radius 1 is 1.11 bits per heavy atom. The maximum absolute atomic E-state index is 11.8. The van der Waals surface area contributed by atoms with Gasteiger partial charge in [-0.2, -0.15) is 0 Å². The van der Waals surface area contributed by atoms with Crippen LogP contribution in [0.1, 0.15) is 28.9 Å². The lowest BCUT2D eigenvalue weighted by molar-refractivity contribution is 0.0972. The van der Waals surface area contributed by atoms with Crippen LogP contribution in [-0.2, 0) is 6.42 Å². The van der Waals surface area contributed by atoms with Gasteiger partial charge in [-0.25, -0.2) is 0 Å². The van der Waals surface area contributed by atoms with E-state index in [4.69, 9.17) is 4.74 Å². The SMILES string of the molecule is COc1ccc(-n2ccc3c2CCCC3=O)cc1. The smallest absolute Gasteiger partial charge is 0.164 e. The number of hydrogen-bond donors (Lipinski definition) is 0. The summed E-state index contributed by atoms with van der Waals surface area (Å²) >= 11 is 0. The van der Waals surface area contributed by atoms with Crippen molar-refractivity contribution >= 4 is 5.78 Å². The molecule has 3 heteroatoms. The van der Waals surface area contributed by atoms with Crippen LogP contribution < -0.4 is 4.74 Å². The summed E-state index contributed by atoms with van der Waals surface area (Å²) < 4.78 is 7.26. The van der Waals surface area contributed by atoms with E-state index in [0.717, 1.165) is 35.5 Å². The van der Waals surface area contributed by atoms with Crippen molar-refractivity contribution in [3.8, 4) is 11.4 Å². The molecule has 0 amide bonds. The van der Waals surface area contributed by atoms with Gasteiger partial charge in [-0.1, -0.05) is 0 Å². The number of Topliss-reactive ketones (excluding diaryl/α,β-unsaturated/α-hetero) is 1. The molecule has 0 spiro atoms. The van der Waals surface area contributed by atoms with E-state index in [2.05, 4.69) is 4.57 Å². The van der Waals surface area contributed by atoms with Gasteiger partial charge in [0, 0.05) is 29.6 Å². The highest BCUT2D eigenvalue weighted by Crippen LogP contribution is 2.26. The predicted octanol–water partition coefficient (Wildman–Crippen LogP) is 3.00. The van der Waals surface area contributed by atoms with Crippen molar-refractivity contribution in [2.24, 2.45) is 0 Å². The fraction of sp³-hybridized carbons (Fsp3) is 0.267. The molecule has 3 nitrogen and oxygen atoms in total. The molecule has 0 bridgehead atoms. The lowest BCUT2D eigenvalue weighted by atomic mass is 9.97. The molecule has 3 rings (SSSR count). The summed E-state index contributed by atoms with van der Waals surface area (Å²) in [5, 5.41) is 0. The molecule has 0 saturated carbocycles. The van der Waals surface area contributed by atoms with Gasteiger partial charge in [-0.05, 0) is 43.2 Å². The molecule has 1 aromatic carbocycles. The molecule has 0 unspecified atom stereocenters. The van der Waals surface area contributed by atoms with Crippen molar-refractivity contribution in [2.75, 3.05) is 7.11 Å². The van der Waals surface area contributed by atoms with Crippen LogP contribution >= 0.6 is 0 Å². The molecular formula is C15H15NO2. The molecule has 0 radical (unpaired) electrons. The summed E-state index contributed by atoms with van der Waals surface area (Å²) in [4.78, 5) is 11.8. The van der Waals surface area contributed by atoms with Crippen LogP contribution in [0.3, 0.4) is 0 Å². The van der Waals surface area contributed by atoms with Crippen LogP contribution in [0.4, 0.5) is 0 Å². The van der Waals surface area contributed by atoms with E-state index < -0.39 is 0 Å². The van der Waals surface area contributed by atoms with Gasteiger partial charge in [-0.3, -0.25) is 4.79 Å². The average Bonchev–Trinajstić information content (AvgIpc) is 2.84. The maximum atomic E-state index is 11.8. The summed E-state index contributed by atoms with van der Waals surface area (Å²) in [7, 11) is 1.66. The normalized spacial score (nSPS) is 14.4. The minimum atomic E-state index is 0.267. The van der Waals surface area contributed by atoms with Crippen molar-refractivity contribution in [1.82, 2.24) is 4.57 Å². The van der Waals surface area contributed by atoms with Crippen LogP contribution in [-0.4, -0.2) is 17.5 Å². The first-order valence-corrected chi connectivity index (χ1v) is 6.17. The topological polar surface area (TPSA) is 31.2 Å². The molecule has 0 atom stereocenters. The number of nitrogens with zero attached hydrogens (tertiary/aromatic N) is 1. The third-order valence-electron chi connectivity index (χ3n) is 3.46. The Labute approximate surface area is 106 Å². The molecule has 1 aliphatic rings. The highest BCUT2D eigenvalue weighted by atomic mass is 16.5. The Hall–Kier alpha value is -2.03. The van der Waals surface area contributed by atoms with Crippen LogP contribution in [0.25, 0.3) is 5.69 Å². The molecule has 2 aromatic rings. The van der Waals surface area contributed by atoms with Crippen LogP contribution in [0.5, 0.6) is 5.75 Å². The van der Waals surface area contributed by atoms with Gasteiger partial charge in [0.1, 0.15) is 5.75 Å². The third-order valence-corrected chi connectivity index (χ3v) is 3.46. The molecule has 18 heavy (non-hydrogen) atoms. The zero-order valence-electron chi connectivity index (χ0n) is 10.3.